The number of ether oxygens (including phenoxy) is 1. The van der Waals surface area contributed by atoms with Crippen molar-refractivity contribution in [3.8, 4) is 11.5 Å². The Hall–Kier alpha value is -2.33. The van der Waals surface area contributed by atoms with E-state index in [2.05, 4.69) is 13.8 Å². The number of rotatable bonds is 3. The van der Waals surface area contributed by atoms with Crippen LogP contribution in [0, 0.1) is 5.41 Å². The standard InChI is InChI=1S/C20H21NO3/c1-20(2)13-18-17(22)12-19(20)21(24-18)14-8-10-16(11-9-14)23-15-6-4-3-5-7-15/h3-11,18-19H,12-13H2,1-2H3/t18-,19-/m1/s1. The average molecular weight is 323 g/mol. The molecule has 2 heterocycles. The third-order valence-corrected chi connectivity index (χ3v) is 4.96. The molecule has 0 radical (unpaired) electrons. The summed E-state index contributed by atoms with van der Waals surface area (Å²) in [6.45, 7) is 4.42. The molecule has 24 heavy (non-hydrogen) atoms. The zero-order chi connectivity index (χ0) is 16.7. The van der Waals surface area contributed by atoms with Crippen LogP contribution in [0.4, 0.5) is 5.69 Å². The molecule has 124 valence electrons. The number of hydroxylamine groups is 1. The Labute approximate surface area is 141 Å². The molecule has 2 saturated heterocycles. The van der Waals surface area contributed by atoms with Gasteiger partial charge >= 0.3 is 0 Å². The van der Waals surface area contributed by atoms with Crippen LogP contribution in [0.2, 0.25) is 0 Å². The summed E-state index contributed by atoms with van der Waals surface area (Å²) in [7, 11) is 0. The molecule has 3 aliphatic rings. The number of para-hydroxylation sites is 1. The van der Waals surface area contributed by atoms with Crippen molar-refractivity contribution in [3.05, 3.63) is 54.6 Å². The van der Waals surface area contributed by atoms with Gasteiger partial charge in [-0.1, -0.05) is 32.0 Å². The van der Waals surface area contributed by atoms with Crippen molar-refractivity contribution >= 4 is 11.5 Å². The van der Waals surface area contributed by atoms with Crippen LogP contribution < -0.4 is 9.80 Å². The van der Waals surface area contributed by atoms with Gasteiger partial charge in [-0.3, -0.25) is 9.63 Å². The second-order valence-electron chi connectivity index (χ2n) is 7.21. The smallest absolute Gasteiger partial charge is 0.166 e. The predicted molar refractivity (Wildman–Crippen MR) is 92.1 cm³/mol. The minimum Gasteiger partial charge on any atom is -0.457 e. The number of benzene rings is 2. The lowest BCUT2D eigenvalue weighted by Gasteiger charge is -2.53. The Morgan fingerprint density at radius 3 is 2.38 bits per heavy atom. The maximum Gasteiger partial charge on any atom is 0.166 e. The maximum atomic E-state index is 12.0. The molecule has 0 amide bonds. The van der Waals surface area contributed by atoms with Crippen molar-refractivity contribution in [2.75, 3.05) is 5.06 Å². The van der Waals surface area contributed by atoms with Crippen molar-refractivity contribution in [3.63, 3.8) is 0 Å². The van der Waals surface area contributed by atoms with E-state index in [1.165, 1.54) is 0 Å². The SMILES string of the molecule is CC1(C)C[C@H]2ON(c3ccc(Oc4ccccc4)cc3)[C@@H]1CC2=O. The van der Waals surface area contributed by atoms with Gasteiger partial charge < -0.3 is 4.74 Å². The summed E-state index contributed by atoms with van der Waals surface area (Å²) >= 11 is 0. The number of anilines is 1. The van der Waals surface area contributed by atoms with E-state index in [1.54, 1.807) is 0 Å². The van der Waals surface area contributed by atoms with Crippen molar-refractivity contribution < 1.29 is 14.4 Å². The van der Waals surface area contributed by atoms with E-state index in [-0.39, 0.29) is 23.3 Å². The van der Waals surface area contributed by atoms with Gasteiger partial charge in [-0.05, 0) is 48.2 Å². The zero-order valence-corrected chi connectivity index (χ0v) is 13.9. The molecule has 3 fully saturated rings. The molecule has 5 rings (SSSR count). The predicted octanol–water partition coefficient (Wildman–Crippen LogP) is 4.36. The largest absolute Gasteiger partial charge is 0.457 e. The second-order valence-corrected chi connectivity index (χ2v) is 7.21. The average Bonchev–Trinajstić information content (AvgIpc) is 2.57. The molecule has 2 atom stereocenters. The first kappa shape index (κ1) is 15.2. The molecular weight excluding hydrogens is 302 g/mol. The minimum atomic E-state index is -0.315. The van der Waals surface area contributed by atoms with Crippen LogP contribution in [0.3, 0.4) is 0 Å². The Bertz CT molecular complexity index is 739. The number of Topliss-reactive ketones (excluding diaryl/α,β-unsaturated/α-hetero) is 1. The highest BCUT2D eigenvalue weighted by Crippen LogP contribution is 2.45. The van der Waals surface area contributed by atoms with Crippen molar-refractivity contribution in [2.45, 2.75) is 38.8 Å². The third kappa shape index (κ3) is 2.67. The van der Waals surface area contributed by atoms with E-state index in [1.807, 2.05) is 59.7 Å². The highest BCUT2D eigenvalue weighted by Gasteiger charge is 2.51. The summed E-state index contributed by atoms with van der Waals surface area (Å²) in [6.07, 6.45) is 1.03. The quantitative estimate of drug-likeness (QED) is 0.841. The first-order valence-electron chi connectivity index (χ1n) is 8.35. The van der Waals surface area contributed by atoms with Crippen LogP contribution >= 0.6 is 0 Å². The van der Waals surface area contributed by atoms with Crippen LogP contribution in [0.25, 0.3) is 0 Å². The number of carbonyl (C=O) groups excluding carboxylic acids is 1. The molecule has 2 bridgehead atoms. The van der Waals surface area contributed by atoms with E-state index >= 15 is 0 Å². The Morgan fingerprint density at radius 1 is 1.04 bits per heavy atom. The van der Waals surface area contributed by atoms with E-state index in [0.29, 0.717) is 6.42 Å². The molecule has 2 aliphatic heterocycles. The lowest BCUT2D eigenvalue weighted by molar-refractivity contribution is -0.159. The molecule has 2 aromatic rings. The number of carbonyl (C=O) groups is 1. The molecule has 0 unspecified atom stereocenters. The molecular formula is C20H21NO3. The number of nitrogens with zero attached hydrogens (tertiary/aromatic N) is 1. The lowest BCUT2D eigenvalue weighted by Crippen LogP contribution is -2.61. The number of fused-ring (bicyclic) bond motifs is 3. The van der Waals surface area contributed by atoms with E-state index < -0.39 is 0 Å². The van der Waals surface area contributed by atoms with Crippen molar-refractivity contribution in [2.24, 2.45) is 5.41 Å². The summed E-state index contributed by atoms with van der Waals surface area (Å²) in [6, 6.07) is 17.6. The van der Waals surface area contributed by atoms with Crippen LogP contribution in [0.5, 0.6) is 11.5 Å². The second kappa shape index (κ2) is 5.64. The summed E-state index contributed by atoms with van der Waals surface area (Å²) in [4.78, 5) is 17.9. The van der Waals surface area contributed by atoms with Gasteiger partial charge in [0.05, 0.1) is 11.7 Å². The summed E-state index contributed by atoms with van der Waals surface area (Å²) in [5.41, 5.74) is 1.03. The normalized spacial score (nSPS) is 24.9. The van der Waals surface area contributed by atoms with Gasteiger partial charge in [-0.25, -0.2) is 5.06 Å². The first-order chi connectivity index (χ1) is 11.5. The Balaban J connectivity index is 1.54. The Morgan fingerprint density at radius 2 is 1.71 bits per heavy atom. The van der Waals surface area contributed by atoms with E-state index in [4.69, 9.17) is 9.57 Å². The molecule has 0 N–H and O–H groups in total. The van der Waals surface area contributed by atoms with Gasteiger partial charge in [0, 0.05) is 6.42 Å². The number of ketones is 1. The minimum absolute atomic E-state index is 0.0655. The summed E-state index contributed by atoms with van der Waals surface area (Å²) < 4.78 is 5.83. The van der Waals surface area contributed by atoms with Crippen LogP contribution in [-0.2, 0) is 9.63 Å². The van der Waals surface area contributed by atoms with E-state index in [0.717, 1.165) is 23.6 Å². The Kier molecular flexibility index (Phi) is 3.57. The van der Waals surface area contributed by atoms with Gasteiger partial charge in [-0.15, -0.1) is 0 Å². The van der Waals surface area contributed by atoms with Crippen LogP contribution in [0.1, 0.15) is 26.7 Å². The molecule has 0 aromatic heterocycles. The summed E-state index contributed by atoms with van der Waals surface area (Å²) in [5, 5.41) is 1.92. The number of hydrogen-bond acceptors (Lipinski definition) is 4. The van der Waals surface area contributed by atoms with Gasteiger partial charge in [0.1, 0.15) is 17.6 Å². The first-order valence-corrected chi connectivity index (χ1v) is 8.35. The monoisotopic (exact) mass is 323 g/mol. The topological polar surface area (TPSA) is 38.8 Å². The van der Waals surface area contributed by atoms with E-state index in [9.17, 15) is 4.79 Å². The number of hydrogen-bond donors (Lipinski definition) is 0. The van der Waals surface area contributed by atoms with Gasteiger partial charge in [0.25, 0.3) is 0 Å². The molecule has 0 spiro atoms. The maximum absolute atomic E-state index is 12.0. The molecule has 4 heteroatoms. The highest BCUT2D eigenvalue weighted by molar-refractivity contribution is 5.86. The van der Waals surface area contributed by atoms with Gasteiger partial charge in [0.2, 0.25) is 0 Å². The zero-order valence-electron chi connectivity index (χ0n) is 13.9. The van der Waals surface area contributed by atoms with Crippen molar-refractivity contribution in [1.29, 1.82) is 0 Å². The summed E-state index contributed by atoms with van der Waals surface area (Å²) in [5.74, 6) is 1.81. The van der Waals surface area contributed by atoms with Crippen LogP contribution in [-0.4, -0.2) is 17.9 Å². The van der Waals surface area contributed by atoms with Gasteiger partial charge in [0.15, 0.2) is 5.78 Å². The van der Waals surface area contributed by atoms with Gasteiger partial charge in [-0.2, -0.15) is 0 Å². The highest BCUT2D eigenvalue weighted by atomic mass is 16.7. The van der Waals surface area contributed by atoms with Crippen molar-refractivity contribution in [1.82, 2.24) is 0 Å². The molecule has 1 aliphatic carbocycles. The lowest BCUT2D eigenvalue weighted by atomic mass is 9.70. The molecule has 1 saturated carbocycles. The van der Waals surface area contributed by atoms with Crippen LogP contribution in [0.15, 0.2) is 54.6 Å². The molecule has 4 nitrogen and oxygen atoms in total. The fourth-order valence-electron chi connectivity index (χ4n) is 3.56. The third-order valence-electron chi connectivity index (χ3n) is 4.96. The molecule has 2 aromatic carbocycles. The fraction of sp³-hybridized carbons (Fsp3) is 0.350. The fourth-order valence-corrected chi connectivity index (χ4v) is 3.56.